The lowest BCUT2D eigenvalue weighted by atomic mass is 10.3. The first kappa shape index (κ1) is 15.7. The minimum absolute atomic E-state index is 0. The van der Waals surface area contributed by atoms with Gasteiger partial charge in [-0.15, -0.1) is 0 Å². The number of hydrogen-bond acceptors (Lipinski definition) is 0. The summed E-state index contributed by atoms with van der Waals surface area (Å²) in [5.41, 5.74) is 3.68. The van der Waals surface area contributed by atoms with Gasteiger partial charge >= 0.3 is 0 Å². The highest BCUT2D eigenvalue weighted by Gasteiger charge is 1.71. The van der Waals surface area contributed by atoms with E-state index in [0.717, 1.165) is 6.54 Å². The molecule has 5 N–H and O–H groups in total. The SMILES string of the molecule is CCCC[NH3+].O.[Br-]. The highest BCUT2D eigenvalue weighted by Crippen LogP contribution is 1.75. The molecular weight excluding hydrogens is 158 g/mol. The summed E-state index contributed by atoms with van der Waals surface area (Å²) in [6.07, 6.45) is 2.56. The summed E-state index contributed by atoms with van der Waals surface area (Å²) in [5, 5.41) is 0. The fraction of sp³-hybridized carbons (Fsp3) is 1.00. The van der Waals surface area contributed by atoms with Crippen LogP contribution in [0.3, 0.4) is 0 Å². The summed E-state index contributed by atoms with van der Waals surface area (Å²) in [6.45, 7) is 3.27. The summed E-state index contributed by atoms with van der Waals surface area (Å²) in [5.74, 6) is 0. The molecule has 0 spiro atoms. The Labute approximate surface area is 55.2 Å². The maximum atomic E-state index is 3.68. The topological polar surface area (TPSA) is 59.1 Å². The molecule has 0 aromatic rings. The first-order valence-electron chi connectivity index (χ1n) is 2.21. The van der Waals surface area contributed by atoms with Crippen molar-refractivity contribution >= 4 is 0 Å². The fourth-order valence-electron chi connectivity index (χ4n) is 0.250. The quantitative estimate of drug-likeness (QED) is 0.444. The normalized spacial score (nSPS) is 6.00. The van der Waals surface area contributed by atoms with Crippen molar-refractivity contribution in [1.29, 1.82) is 0 Å². The van der Waals surface area contributed by atoms with Crippen LogP contribution in [0.15, 0.2) is 0 Å². The van der Waals surface area contributed by atoms with Crippen LogP contribution in [0.5, 0.6) is 0 Å². The first-order chi connectivity index (χ1) is 2.41. The molecule has 2 nitrogen and oxygen atoms in total. The van der Waals surface area contributed by atoms with Crippen molar-refractivity contribution < 1.29 is 28.2 Å². The number of hydrogen-bond donors (Lipinski definition) is 1. The highest BCUT2D eigenvalue weighted by molar-refractivity contribution is 4.21. The van der Waals surface area contributed by atoms with E-state index in [2.05, 4.69) is 12.7 Å². The van der Waals surface area contributed by atoms with Gasteiger partial charge in [0.1, 0.15) is 0 Å². The second kappa shape index (κ2) is 16.1. The van der Waals surface area contributed by atoms with Crippen LogP contribution in [-0.4, -0.2) is 12.0 Å². The third kappa shape index (κ3) is 21.5. The predicted octanol–water partition coefficient (Wildman–Crippen LogP) is -3.79. The van der Waals surface area contributed by atoms with Gasteiger partial charge in [0.15, 0.2) is 0 Å². The molecule has 3 heteroatoms. The Hall–Kier alpha value is 0.400. The zero-order chi connectivity index (χ0) is 4.12. The summed E-state index contributed by atoms with van der Waals surface area (Å²) in [4.78, 5) is 0. The molecule has 0 unspecified atom stereocenters. The second-order valence-electron chi connectivity index (χ2n) is 1.21. The lowest BCUT2D eigenvalue weighted by Crippen LogP contribution is -3.00. The number of halogens is 1. The summed E-state index contributed by atoms with van der Waals surface area (Å²) >= 11 is 0. The minimum Gasteiger partial charge on any atom is -1.00 e. The van der Waals surface area contributed by atoms with E-state index >= 15 is 0 Å². The van der Waals surface area contributed by atoms with Crippen molar-refractivity contribution in [3.05, 3.63) is 0 Å². The summed E-state index contributed by atoms with van der Waals surface area (Å²) in [7, 11) is 0. The molecule has 0 amide bonds. The number of quaternary nitrogens is 1. The van der Waals surface area contributed by atoms with E-state index in [1.165, 1.54) is 12.8 Å². The van der Waals surface area contributed by atoms with Gasteiger partial charge in [0.05, 0.1) is 6.54 Å². The van der Waals surface area contributed by atoms with Crippen molar-refractivity contribution in [3.63, 3.8) is 0 Å². The predicted molar refractivity (Wildman–Crippen MR) is 26.3 cm³/mol. The van der Waals surface area contributed by atoms with Gasteiger partial charge in [-0.05, 0) is 6.42 Å². The molecule has 0 heterocycles. The molecule has 0 saturated carbocycles. The van der Waals surface area contributed by atoms with Crippen molar-refractivity contribution in [1.82, 2.24) is 0 Å². The van der Waals surface area contributed by atoms with Gasteiger partial charge < -0.3 is 28.2 Å². The third-order valence-electron chi connectivity index (χ3n) is 0.604. The van der Waals surface area contributed by atoms with Crippen LogP contribution in [0, 0.1) is 0 Å². The molecule has 0 aliphatic rings. The standard InChI is InChI=1S/C4H11N.BrH.H2O/c1-2-3-4-5;;/h2-5H2,1H3;1H;1H2. The van der Waals surface area contributed by atoms with Gasteiger partial charge in [0.2, 0.25) is 0 Å². The molecule has 0 rings (SSSR count). The molecule has 0 aromatic heterocycles. The lowest BCUT2D eigenvalue weighted by molar-refractivity contribution is -0.368. The first-order valence-corrected chi connectivity index (χ1v) is 2.21. The highest BCUT2D eigenvalue weighted by atomic mass is 79.9. The van der Waals surface area contributed by atoms with Crippen LogP contribution in [0.2, 0.25) is 0 Å². The summed E-state index contributed by atoms with van der Waals surface area (Å²) < 4.78 is 0. The smallest absolute Gasteiger partial charge is 0.0739 e. The summed E-state index contributed by atoms with van der Waals surface area (Å²) in [6, 6.07) is 0. The van der Waals surface area contributed by atoms with E-state index < -0.39 is 0 Å². The maximum Gasteiger partial charge on any atom is 0.0739 e. The van der Waals surface area contributed by atoms with Crippen LogP contribution in [-0.2, 0) is 0 Å². The Kier molecular flexibility index (Phi) is 36.1. The van der Waals surface area contributed by atoms with E-state index in [0.29, 0.717) is 0 Å². The van der Waals surface area contributed by atoms with Crippen LogP contribution < -0.4 is 22.7 Å². The molecule has 0 bridgehead atoms. The van der Waals surface area contributed by atoms with Gasteiger partial charge in [-0.3, -0.25) is 0 Å². The molecule has 0 aliphatic heterocycles. The molecule has 0 aromatic carbocycles. The Morgan fingerprint density at radius 1 is 1.43 bits per heavy atom. The number of unbranched alkanes of at least 4 members (excludes halogenated alkanes) is 1. The van der Waals surface area contributed by atoms with Gasteiger partial charge in [-0.25, -0.2) is 0 Å². The molecule has 0 saturated heterocycles. The molecule has 0 radical (unpaired) electrons. The van der Waals surface area contributed by atoms with Crippen molar-refractivity contribution in [2.24, 2.45) is 0 Å². The fourth-order valence-corrected chi connectivity index (χ4v) is 0.250. The molecule has 0 fully saturated rings. The number of rotatable bonds is 2. The van der Waals surface area contributed by atoms with Gasteiger partial charge in [0, 0.05) is 0 Å². The molecular formula is C4H14BrNO. The molecule has 7 heavy (non-hydrogen) atoms. The van der Waals surface area contributed by atoms with Gasteiger partial charge in [-0.1, -0.05) is 13.3 Å². The van der Waals surface area contributed by atoms with Crippen LogP contribution >= 0.6 is 0 Å². The average molecular weight is 172 g/mol. The Morgan fingerprint density at radius 2 is 1.86 bits per heavy atom. The van der Waals surface area contributed by atoms with Crippen LogP contribution in [0.4, 0.5) is 0 Å². The van der Waals surface area contributed by atoms with Crippen LogP contribution in [0.1, 0.15) is 19.8 Å². The molecule has 0 atom stereocenters. The second-order valence-corrected chi connectivity index (χ2v) is 1.21. The largest absolute Gasteiger partial charge is 1.00 e. The van der Waals surface area contributed by atoms with Crippen molar-refractivity contribution in [2.45, 2.75) is 19.8 Å². The van der Waals surface area contributed by atoms with Crippen molar-refractivity contribution in [2.75, 3.05) is 6.54 Å². The van der Waals surface area contributed by atoms with Gasteiger partial charge in [-0.2, -0.15) is 0 Å². The molecule has 48 valence electrons. The minimum atomic E-state index is 0. The Bertz CT molecular complexity index is 19.2. The van der Waals surface area contributed by atoms with E-state index in [-0.39, 0.29) is 22.5 Å². The van der Waals surface area contributed by atoms with Crippen molar-refractivity contribution in [3.8, 4) is 0 Å². The zero-order valence-electron chi connectivity index (χ0n) is 4.71. The van der Waals surface area contributed by atoms with E-state index in [9.17, 15) is 0 Å². The Morgan fingerprint density at radius 3 is 1.86 bits per heavy atom. The van der Waals surface area contributed by atoms with E-state index in [1.54, 1.807) is 0 Å². The van der Waals surface area contributed by atoms with E-state index in [4.69, 9.17) is 0 Å². The third-order valence-corrected chi connectivity index (χ3v) is 0.604. The zero-order valence-corrected chi connectivity index (χ0v) is 6.29. The maximum absolute atomic E-state index is 3.68. The molecule has 0 aliphatic carbocycles. The monoisotopic (exact) mass is 171 g/mol. The van der Waals surface area contributed by atoms with Crippen LogP contribution in [0.25, 0.3) is 0 Å². The lowest BCUT2D eigenvalue weighted by Gasteiger charge is -1.77. The van der Waals surface area contributed by atoms with Gasteiger partial charge in [0.25, 0.3) is 0 Å². The average Bonchev–Trinajstić information content (AvgIpc) is 1.41. The Balaban J connectivity index is -0.0000000800. The van der Waals surface area contributed by atoms with E-state index in [1.807, 2.05) is 0 Å².